The summed E-state index contributed by atoms with van der Waals surface area (Å²) in [5.41, 5.74) is -1.24. The lowest BCUT2D eigenvalue weighted by atomic mass is 9.97. The molecule has 9 nitrogen and oxygen atoms in total. The fourth-order valence-corrected chi connectivity index (χ4v) is 3.53. The van der Waals surface area contributed by atoms with Crippen molar-refractivity contribution in [3.8, 4) is 16.9 Å². The molecule has 0 saturated heterocycles. The van der Waals surface area contributed by atoms with Crippen LogP contribution in [-0.2, 0) is 0 Å². The van der Waals surface area contributed by atoms with Gasteiger partial charge in [-0.3, -0.25) is 9.59 Å². The summed E-state index contributed by atoms with van der Waals surface area (Å²) in [6, 6.07) is 16.2. The minimum atomic E-state index is -1.56. The molecule has 0 saturated carbocycles. The predicted octanol–water partition coefficient (Wildman–Crippen LogP) is 4.12. The molecule has 3 N–H and O–H groups in total. The maximum absolute atomic E-state index is 13.4. The molecule has 0 fully saturated rings. The number of nitrogens with one attached hydrogen (secondary N) is 1. The summed E-state index contributed by atoms with van der Waals surface area (Å²) in [5.74, 6) is -3.59. The molecule has 0 aliphatic heterocycles. The van der Waals surface area contributed by atoms with Crippen LogP contribution in [0, 0.1) is 0 Å². The van der Waals surface area contributed by atoms with Crippen LogP contribution >= 0.6 is 0 Å². The molecular formula is C25H17NO8. The maximum Gasteiger partial charge on any atom is 0.372 e. The van der Waals surface area contributed by atoms with Crippen molar-refractivity contribution >= 4 is 34.5 Å². The third-order valence-electron chi connectivity index (χ3n) is 5.14. The normalized spacial score (nSPS) is 10.6. The van der Waals surface area contributed by atoms with Crippen LogP contribution < -0.4 is 15.5 Å². The highest BCUT2D eigenvalue weighted by atomic mass is 16.5. The van der Waals surface area contributed by atoms with E-state index in [1.54, 1.807) is 24.3 Å². The number of hydrogen-bond donors (Lipinski definition) is 3. The summed E-state index contributed by atoms with van der Waals surface area (Å²) in [5, 5.41) is 21.9. The lowest BCUT2D eigenvalue weighted by Gasteiger charge is -2.12. The van der Waals surface area contributed by atoms with Crippen LogP contribution in [0.5, 0.6) is 5.75 Å². The summed E-state index contributed by atoms with van der Waals surface area (Å²) >= 11 is 0. The molecule has 1 heterocycles. The van der Waals surface area contributed by atoms with Gasteiger partial charge in [0.1, 0.15) is 5.75 Å². The number of carbonyl (C=O) groups is 3. The number of ether oxygens (including phenoxy) is 1. The van der Waals surface area contributed by atoms with Crippen LogP contribution in [0.4, 0.5) is 5.69 Å². The fraction of sp³-hybridized carbons (Fsp3) is 0.0400. The number of carboxylic acid groups (broad SMARTS) is 2. The second-order valence-corrected chi connectivity index (χ2v) is 7.16. The molecule has 0 spiro atoms. The summed E-state index contributed by atoms with van der Waals surface area (Å²) < 4.78 is 10.7. The molecule has 9 heteroatoms. The first-order valence-corrected chi connectivity index (χ1v) is 9.93. The molecule has 1 amide bonds. The van der Waals surface area contributed by atoms with Crippen LogP contribution in [0.2, 0.25) is 0 Å². The number of aromatic carboxylic acids is 2. The van der Waals surface area contributed by atoms with E-state index in [0.717, 1.165) is 0 Å². The molecule has 0 bridgehead atoms. The minimum absolute atomic E-state index is 0.0206. The number of carbonyl (C=O) groups excluding carboxylic acids is 1. The molecular weight excluding hydrogens is 442 g/mol. The zero-order valence-corrected chi connectivity index (χ0v) is 17.7. The number of carboxylic acids is 2. The Bertz CT molecular complexity index is 1500. The maximum atomic E-state index is 13.4. The third kappa shape index (κ3) is 3.97. The van der Waals surface area contributed by atoms with Gasteiger partial charge in [0.05, 0.1) is 29.3 Å². The van der Waals surface area contributed by atoms with E-state index in [9.17, 15) is 29.4 Å². The Balaban J connectivity index is 1.88. The first-order chi connectivity index (χ1) is 16.3. The molecule has 0 unspecified atom stereocenters. The lowest BCUT2D eigenvalue weighted by Crippen LogP contribution is -2.16. The van der Waals surface area contributed by atoms with Crippen LogP contribution in [0.3, 0.4) is 0 Å². The molecule has 3 aromatic carbocycles. The number of para-hydroxylation sites is 1. The first kappa shape index (κ1) is 22.3. The highest BCUT2D eigenvalue weighted by molar-refractivity contribution is 6.09. The number of hydrogen-bond acceptors (Lipinski definition) is 6. The van der Waals surface area contributed by atoms with Crippen molar-refractivity contribution in [2.24, 2.45) is 0 Å². The Morgan fingerprint density at radius 3 is 2.24 bits per heavy atom. The Labute approximate surface area is 191 Å². The molecule has 0 radical (unpaired) electrons. The summed E-state index contributed by atoms with van der Waals surface area (Å²) in [6.45, 7) is 0. The van der Waals surface area contributed by atoms with E-state index in [-0.39, 0.29) is 27.8 Å². The van der Waals surface area contributed by atoms with Gasteiger partial charge in [0.15, 0.2) is 5.58 Å². The number of rotatable bonds is 6. The van der Waals surface area contributed by atoms with Crippen LogP contribution in [0.1, 0.15) is 31.3 Å². The number of methoxy groups -OCH3 is 1. The Hall–Kier alpha value is -4.92. The zero-order chi connectivity index (χ0) is 24.4. The van der Waals surface area contributed by atoms with E-state index in [4.69, 9.17) is 9.15 Å². The van der Waals surface area contributed by atoms with Crippen molar-refractivity contribution in [3.05, 3.63) is 93.8 Å². The van der Waals surface area contributed by atoms with Gasteiger partial charge in [0.25, 0.3) is 5.91 Å². The van der Waals surface area contributed by atoms with Gasteiger partial charge >= 0.3 is 11.9 Å². The Morgan fingerprint density at radius 2 is 1.59 bits per heavy atom. The van der Waals surface area contributed by atoms with Crippen molar-refractivity contribution in [1.82, 2.24) is 0 Å². The van der Waals surface area contributed by atoms with Crippen LogP contribution in [0.15, 0.2) is 75.9 Å². The topological polar surface area (TPSA) is 143 Å². The molecule has 0 atom stereocenters. The smallest absolute Gasteiger partial charge is 0.372 e. The van der Waals surface area contributed by atoms with Gasteiger partial charge < -0.3 is 24.7 Å². The fourth-order valence-electron chi connectivity index (χ4n) is 3.53. The average Bonchev–Trinajstić information content (AvgIpc) is 2.84. The molecule has 4 aromatic rings. The molecule has 0 aliphatic carbocycles. The van der Waals surface area contributed by atoms with Gasteiger partial charge in [-0.05, 0) is 42.5 Å². The summed E-state index contributed by atoms with van der Waals surface area (Å²) in [6.07, 6.45) is 0. The van der Waals surface area contributed by atoms with Gasteiger partial charge in [0, 0.05) is 11.1 Å². The van der Waals surface area contributed by atoms with Crippen molar-refractivity contribution < 1.29 is 33.8 Å². The van der Waals surface area contributed by atoms with Gasteiger partial charge in [0.2, 0.25) is 11.2 Å². The first-order valence-electron chi connectivity index (χ1n) is 9.93. The van der Waals surface area contributed by atoms with Crippen molar-refractivity contribution in [2.45, 2.75) is 0 Å². The van der Waals surface area contributed by atoms with E-state index in [2.05, 4.69) is 5.32 Å². The van der Waals surface area contributed by atoms with E-state index >= 15 is 0 Å². The van der Waals surface area contributed by atoms with Gasteiger partial charge in [-0.25, -0.2) is 9.59 Å². The quantitative estimate of drug-likeness (QED) is 0.391. The second kappa shape index (κ2) is 8.91. The molecule has 0 aliphatic rings. The van der Waals surface area contributed by atoms with Crippen LogP contribution in [-0.4, -0.2) is 35.2 Å². The third-order valence-corrected chi connectivity index (χ3v) is 5.14. The number of anilines is 1. The standard InChI is InChI=1S/C25H17NO8/c1-33-14-11-9-13(10-12-14)23(28)26-18-8-4-7-17-20(27)19(22(25(31)32)34-21(17)18)15-5-2-3-6-16(15)24(29)30/h2-12H,1H3,(H,26,28)(H,29,30)(H,31,32). The summed E-state index contributed by atoms with van der Waals surface area (Å²) in [7, 11) is 1.50. The number of benzene rings is 3. The Morgan fingerprint density at radius 1 is 0.882 bits per heavy atom. The van der Waals surface area contributed by atoms with E-state index in [0.29, 0.717) is 11.3 Å². The average molecular weight is 459 g/mol. The second-order valence-electron chi connectivity index (χ2n) is 7.16. The van der Waals surface area contributed by atoms with Gasteiger partial charge in [-0.2, -0.15) is 0 Å². The van der Waals surface area contributed by atoms with Crippen molar-refractivity contribution in [1.29, 1.82) is 0 Å². The predicted molar refractivity (Wildman–Crippen MR) is 123 cm³/mol. The van der Waals surface area contributed by atoms with E-state index < -0.39 is 34.6 Å². The summed E-state index contributed by atoms with van der Waals surface area (Å²) in [4.78, 5) is 49.8. The van der Waals surface area contributed by atoms with Crippen molar-refractivity contribution in [2.75, 3.05) is 12.4 Å². The Kier molecular flexibility index (Phi) is 5.84. The largest absolute Gasteiger partial charge is 0.497 e. The van der Waals surface area contributed by atoms with Crippen molar-refractivity contribution in [3.63, 3.8) is 0 Å². The van der Waals surface area contributed by atoms with E-state index in [1.165, 1.54) is 49.6 Å². The van der Waals surface area contributed by atoms with Crippen LogP contribution in [0.25, 0.3) is 22.1 Å². The molecule has 34 heavy (non-hydrogen) atoms. The molecule has 170 valence electrons. The lowest BCUT2D eigenvalue weighted by molar-refractivity contribution is 0.0659. The van der Waals surface area contributed by atoms with E-state index in [1.807, 2.05) is 0 Å². The highest BCUT2D eigenvalue weighted by Crippen LogP contribution is 2.31. The minimum Gasteiger partial charge on any atom is -0.497 e. The van der Waals surface area contributed by atoms with Gasteiger partial charge in [-0.15, -0.1) is 0 Å². The molecule has 1 aromatic heterocycles. The van der Waals surface area contributed by atoms with Gasteiger partial charge in [-0.1, -0.05) is 24.3 Å². The number of amides is 1. The SMILES string of the molecule is COc1ccc(C(=O)Nc2cccc3c(=O)c(-c4ccccc4C(=O)O)c(C(=O)O)oc23)cc1. The zero-order valence-electron chi connectivity index (χ0n) is 17.7. The monoisotopic (exact) mass is 459 g/mol. The highest BCUT2D eigenvalue weighted by Gasteiger charge is 2.26. The molecule has 4 rings (SSSR count). The number of fused-ring (bicyclic) bond motifs is 1.